The van der Waals surface area contributed by atoms with Gasteiger partial charge in [0, 0.05) is 42.8 Å². The van der Waals surface area contributed by atoms with Crippen LogP contribution in [0, 0.1) is 10.1 Å². The zero-order valence-electron chi connectivity index (χ0n) is 10.2. The van der Waals surface area contributed by atoms with E-state index < -0.39 is 4.92 Å². The minimum Gasteiger partial charge on any atom is -0.312 e. The Balaban J connectivity index is 2.04. The summed E-state index contributed by atoms with van der Waals surface area (Å²) in [5.41, 5.74) is 3.97. The third kappa shape index (κ3) is 2.17. The molecule has 3 rings (SSSR count). The van der Waals surface area contributed by atoms with Gasteiger partial charge >= 0.3 is 0 Å². The fraction of sp³-hybridized carbons (Fsp3) is 0.231. The fourth-order valence-corrected chi connectivity index (χ4v) is 2.26. The summed E-state index contributed by atoms with van der Waals surface area (Å²) in [6.45, 7) is 1.66. The molecule has 0 saturated heterocycles. The van der Waals surface area contributed by atoms with Crippen LogP contribution in [0.4, 0.5) is 5.69 Å². The van der Waals surface area contributed by atoms with E-state index in [2.05, 4.69) is 15.3 Å². The minimum atomic E-state index is -0.402. The Hall–Kier alpha value is -2.34. The molecule has 0 amide bonds. The molecule has 0 radical (unpaired) electrons. The van der Waals surface area contributed by atoms with Crippen LogP contribution < -0.4 is 5.32 Å². The second-order valence-corrected chi connectivity index (χ2v) is 4.38. The monoisotopic (exact) mass is 256 g/mol. The van der Waals surface area contributed by atoms with Crippen LogP contribution in [0.25, 0.3) is 11.3 Å². The van der Waals surface area contributed by atoms with Gasteiger partial charge in [0.15, 0.2) is 0 Å². The van der Waals surface area contributed by atoms with E-state index in [1.165, 1.54) is 12.1 Å². The first-order valence-electron chi connectivity index (χ1n) is 6.04. The standard InChI is InChI=1S/C13H12N4O2/c18-17(19)10-3-1-9(2-4-10)13-11-7-14-6-5-12(11)15-8-16-13/h1-4,8,14H,5-7H2. The first-order valence-corrected chi connectivity index (χ1v) is 6.04. The number of nitro benzene ring substituents is 1. The molecule has 2 heterocycles. The van der Waals surface area contributed by atoms with Gasteiger partial charge < -0.3 is 5.32 Å². The van der Waals surface area contributed by atoms with E-state index in [0.717, 1.165) is 42.0 Å². The molecule has 6 nitrogen and oxygen atoms in total. The van der Waals surface area contributed by atoms with Crippen molar-refractivity contribution in [3.05, 3.63) is 52.0 Å². The number of fused-ring (bicyclic) bond motifs is 1. The number of benzene rings is 1. The molecule has 1 N–H and O–H groups in total. The Bertz CT molecular complexity index is 625. The van der Waals surface area contributed by atoms with E-state index in [0.29, 0.717) is 0 Å². The lowest BCUT2D eigenvalue weighted by molar-refractivity contribution is -0.384. The van der Waals surface area contributed by atoms with Crippen LogP contribution in [-0.4, -0.2) is 21.4 Å². The van der Waals surface area contributed by atoms with Crippen molar-refractivity contribution < 1.29 is 4.92 Å². The maximum Gasteiger partial charge on any atom is 0.269 e. The SMILES string of the molecule is O=[N+]([O-])c1ccc(-c2ncnc3c2CNCC3)cc1. The number of hydrogen-bond donors (Lipinski definition) is 1. The average Bonchev–Trinajstić information content (AvgIpc) is 2.47. The van der Waals surface area contributed by atoms with Crippen LogP contribution >= 0.6 is 0 Å². The van der Waals surface area contributed by atoms with E-state index in [9.17, 15) is 10.1 Å². The smallest absolute Gasteiger partial charge is 0.269 e. The summed E-state index contributed by atoms with van der Waals surface area (Å²) in [6, 6.07) is 6.46. The summed E-state index contributed by atoms with van der Waals surface area (Å²) in [5.74, 6) is 0. The largest absolute Gasteiger partial charge is 0.312 e. The maximum atomic E-state index is 10.7. The van der Waals surface area contributed by atoms with E-state index >= 15 is 0 Å². The highest BCUT2D eigenvalue weighted by atomic mass is 16.6. The molecule has 0 fully saturated rings. The Morgan fingerprint density at radius 3 is 2.74 bits per heavy atom. The van der Waals surface area contributed by atoms with Gasteiger partial charge in [-0.2, -0.15) is 0 Å². The van der Waals surface area contributed by atoms with Crippen LogP contribution in [-0.2, 0) is 13.0 Å². The van der Waals surface area contributed by atoms with Crippen LogP contribution in [0.2, 0.25) is 0 Å². The number of nitrogens with zero attached hydrogens (tertiary/aromatic N) is 3. The molecule has 1 aromatic carbocycles. The van der Waals surface area contributed by atoms with Gasteiger partial charge in [0.1, 0.15) is 6.33 Å². The number of rotatable bonds is 2. The lowest BCUT2D eigenvalue weighted by Crippen LogP contribution is -2.25. The zero-order valence-corrected chi connectivity index (χ0v) is 10.2. The highest BCUT2D eigenvalue weighted by Gasteiger charge is 2.16. The van der Waals surface area contributed by atoms with Crippen LogP contribution in [0.5, 0.6) is 0 Å². The number of aromatic nitrogens is 2. The summed E-state index contributed by atoms with van der Waals surface area (Å²) >= 11 is 0. The molecule has 2 aromatic rings. The molecular weight excluding hydrogens is 244 g/mol. The molecule has 1 aliphatic heterocycles. The highest BCUT2D eigenvalue weighted by Crippen LogP contribution is 2.26. The molecule has 1 aliphatic rings. The lowest BCUT2D eigenvalue weighted by atomic mass is 10.0. The van der Waals surface area contributed by atoms with Crippen molar-refractivity contribution in [3.8, 4) is 11.3 Å². The molecule has 1 aromatic heterocycles. The summed E-state index contributed by atoms with van der Waals surface area (Å²) in [5, 5.41) is 13.9. The highest BCUT2D eigenvalue weighted by molar-refractivity contribution is 5.65. The molecule has 0 saturated carbocycles. The van der Waals surface area contributed by atoms with Gasteiger partial charge in [0.25, 0.3) is 5.69 Å². The Morgan fingerprint density at radius 1 is 1.21 bits per heavy atom. The van der Waals surface area contributed by atoms with Crippen molar-refractivity contribution >= 4 is 5.69 Å². The van der Waals surface area contributed by atoms with Gasteiger partial charge in [-0.3, -0.25) is 10.1 Å². The van der Waals surface area contributed by atoms with Crippen molar-refractivity contribution in [2.45, 2.75) is 13.0 Å². The van der Waals surface area contributed by atoms with Gasteiger partial charge in [-0.25, -0.2) is 9.97 Å². The topological polar surface area (TPSA) is 81.0 Å². The average molecular weight is 256 g/mol. The molecule has 0 atom stereocenters. The number of non-ortho nitro benzene ring substituents is 1. The zero-order chi connectivity index (χ0) is 13.2. The third-order valence-corrected chi connectivity index (χ3v) is 3.23. The van der Waals surface area contributed by atoms with Gasteiger partial charge in [0.2, 0.25) is 0 Å². The summed E-state index contributed by atoms with van der Waals surface area (Å²) in [7, 11) is 0. The quantitative estimate of drug-likeness (QED) is 0.653. The summed E-state index contributed by atoms with van der Waals surface area (Å²) in [6.07, 6.45) is 2.44. The second kappa shape index (κ2) is 4.74. The number of nitro groups is 1. The van der Waals surface area contributed by atoms with Gasteiger partial charge in [-0.1, -0.05) is 0 Å². The molecule has 6 heteroatoms. The normalized spacial score (nSPS) is 13.9. The fourth-order valence-electron chi connectivity index (χ4n) is 2.26. The van der Waals surface area contributed by atoms with Crippen molar-refractivity contribution in [2.75, 3.05) is 6.54 Å². The molecule has 0 aliphatic carbocycles. The van der Waals surface area contributed by atoms with Gasteiger partial charge in [-0.15, -0.1) is 0 Å². The molecule has 0 spiro atoms. The molecule has 0 unspecified atom stereocenters. The minimum absolute atomic E-state index is 0.0878. The summed E-state index contributed by atoms with van der Waals surface area (Å²) in [4.78, 5) is 18.9. The van der Waals surface area contributed by atoms with E-state index in [1.54, 1.807) is 18.5 Å². The molecular formula is C13H12N4O2. The molecule has 96 valence electrons. The maximum absolute atomic E-state index is 10.7. The number of nitrogens with one attached hydrogen (secondary N) is 1. The van der Waals surface area contributed by atoms with Crippen LogP contribution in [0.1, 0.15) is 11.3 Å². The Labute approximate surface area is 109 Å². The number of hydrogen-bond acceptors (Lipinski definition) is 5. The lowest BCUT2D eigenvalue weighted by Gasteiger charge is -2.18. The van der Waals surface area contributed by atoms with Crippen LogP contribution in [0.3, 0.4) is 0 Å². The van der Waals surface area contributed by atoms with Crippen molar-refractivity contribution in [1.29, 1.82) is 0 Å². The molecule has 0 bridgehead atoms. The van der Waals surface area contributed by atoms with Crippen molar-refractivity contribution in [3.63, 3.8) is 0 Å². The second-order valence-electron chi connectivity index (χ2n) is 4.38. The van der Waals surface area contributed by atoms with Crippen molar-refractivity contribution in [1.82, 2.24) is 15.3 Å². The predicted octanol–water partition coefficient (Wildman–Crippen LogP) is 1.70. The van der Waals surface area contributed by atoms with Gasteiger partial charge in [-0.05, 0) is 12.1 Å². The first-order chi connectivity index (χ1) is 9.25. The van der Waals surface area contributed by atoms with Gasteiger partial charge in [0.05, 0.1) is 16.3 Å². The van der Waals surface area contributed by atoms with E-state index in [1.807, 2.05) is 0 Å². The van der Waals surface area contributed by atoms with Crippen LogP contribution in [0.15, 0.2) is 30.6 Å². The third-order valence-electron chi connectivity index (χ3n) is 3.23. The predicted molar refractivity (Wildman–Crippen MR) is 69.5 cm³/mol. The first kappa shape index (κ1) is 11.7. The van der Waals surface area contributed by atoms with E-state index in [4.69, 9.17) is 0 Å². The summed E-state index contributed by atoms with van der Waals surface area (Å²) < 4.78 is 0. The Morgan fingerprint density at radius 2 is 2.00 bits per heavy atom. The molecule has 19 heavy (non-hydrogen) atoms. The Kier molecular flexibility index (Phi) is 2.92. The van der Waals surface area contributed by atoms with E-state index in [-0.39, 0.29) is 5.69 Å². The van der Waals surface area contributed by atoms with Crippen molar-refractivity contribution in [2.24, 2.45) is 0 Å².